The summed E-state index contributed by atoms with van der Waals surface area (Å²) in [4.78, 5) is 0. The molecule has 2 aromatic rings. The van der Waals surface area contributed by atoms with Gasteiger partial charge < -0.3 is 11.1 Å². The lowest BCUT2D eigenvalue weighted by Crippen LogP contribution is -2.32. The average molecular weight is 216 g/mol. The lowest BCUT2D eigenvalue weighted by Gasteiger charge is -2.23. The zero-order chi connectivity index (χ0) is 11.0. The SMILES string of the molecule is Nc1ccc2c(cnn2C2CCCNC2)c1. The van der Waals surface area contributed by atoms with Gasteiger partial charge in [-0.1, -0.05) is 0 Å². The Kier molecular flexibility index (Phi) is 2.29. The standard InChI is InChI=1S/C12H16N4/c13-10-3-4-12-9(6-10)7-15-16(12)11-2-1-5-14-8-11/h3-4,6-7,11,14H,1-2,5,8,13H2. The van der Waals surface area contributed by atoms with Crippen LogP contribution in [0.5, 0.6) is 0 Å². The van der Waals surface area contributed by atoms with Gasteiger partial charge in [-0.2, -0.15) is 5.10 Å². The number of nitrogens with zero attached hydrogens (tertiary/aromatic N) is 2. The van der Waals surface area contributed by atoms with Gasteiger partial charge >= 0.3 is 0 Å². The minimum Gasteiger partial charge on any atom is -0.399 e. The van der Waals surface area contributed by atoms with E-state index in [-0.39, 0.29) is 0 Å². The number of aromatic nitrogens is 2. The number of fused-ring (bicyclic) bond motifs is 1. The molecule has 3 N–H and O–H groups in total. The van der Waals surface area contributed by atoms with Crippen LogP contribution in [0, 0.1) is 0 Å². The van der Waals surface area contributed by atoms with Crippen molar-refractivity contribution in [1.82, 2.24) is 15.1 Å². The number of hydrogen-bond donors (Lipinski definition) is 2. The van der Waals surface area contributed by atoms with Gasteiger partial charge in [-0.15, -0.1) is 0 Å². The van der Waals surface area contributed by atoms with Crippen molar-refractivity contribution in [3.8, 4) is 0 Å². The second-order valence-electron chi connectivity index (χ2n) is 4.41. The van der Waals surface area contributed by atoms with Gasteiger partial charge in [0, 0.05) is 17.6 Å². The lowest BCUT2D eigenvalue weighted by atomic mass is 10.1. The number of benzene rings is 1. The molecule has 1 atom stereocenters. The maximum absolute atomic E-state index is 5.76. The maximum atomic E-state index is 5.76. The van der Waals surface area contributed by atoms with Gasteiger partial charge in [0.15, 0.2) is 0 Å². The van der Waals surface area contributed by atoms with Crippen LogP contribution in [0.4, 0.5) is 5.69 Å². The van der Waals surface area contributed by atoms with Gasteiger partial charge in [0.25, 0.3) is 0 Å². The van der Waals surface area contributed by atoms with Crippen LogP contribution >= 0.6 is 0 Å². The van der Waals surface area contributed by atoms with Crippen LogP contribution in [0.1, 0.15) is 18.9 Å². The monoisotopic (exact) mass is 216 g/mol. The fourth-order valence-electron chi connectivity index (χ4n) is 2.40. The summed E-state index contributed by atoms with van der Waals surface area (Å²) in [7, 11) is 0. The van der Waals surface area contributed by atoms with Crippen LogP contribution in [-0.4, -0.2) is 22.9 Å². The summed E-state index contributed by atoms with van der Waals surface area (Å²) >= 11 is 0. The van der Waals surface area contributed by atoms with Gasteiger partial charge in [0.2, 0.25) is 0 Å². The highest BCUT2D eigenvalue weighted by Gasteiger charge is 2.17. The zero-order valence-electron chi connectivity index (χ0n) is 9.19. The van der Waals surface area contributed by atoms with E-state index in [1.165, 1.54) is 18.4 Å². The van der Waals surface area contributed by atoms with E-state index < -0.39 is 0 Å². The highest BCUT2D eigenvalue weighted by atomic mass is 15.3. The van der Waals surface area contributed by atoms with Crippen LogP contribution in [0.3, 0.4) is 0 Å². The number of rotatable bonds is 1. The van der Waals surface area contributed by atoms with Gasteiger partial charge in [-0.3, -0.25) is 4.68 Å². The Morgan fingerprint density at radius 2 is 2.38 bits per heavy atom. The molecule has 16 heavy (non-hydrogen) atoms. The van der Waals surface area contributed by atoms with Gasteiger partial charge in [-0.25, -0.2) is 0 Å². The molecule has 3 rings (SSSR count). The van der Waals surface area contributed by atoms with E-state index in [9.17, 15) is 0 Å². The van der Waals surface area contributed by atoms with Crippen molar-refractivity contribution in [2.45, 2.75) is 18.9 Å². The normalized spacial score (nSPS) is 21.4. The van der Waals surface area contributed by atoms with Crippen molar-refractivity contribution in [3.05, 3.63) is 24.4 Å². The van der Waals surface area contributed by atoms with E-state index in [2.05, 4.69) is 21.2 Å². The Balaban J connectivity index is 2.03. The topological polar surface area (TPSA) is 55.9 Å². The molecule has 1 aromatic heterocycles. The van der Waals surface area contributed by atoms with Crippen molar-refractivity contribution < 1.29 is 0 Å². The summed E-state index contributed by atoms with van der Waals surface area (Å²) in [6.45, 7) is 2.14. The molecule has 0 saturated carbocycles. The molecule has 1 saturated heterocycles. The first-order valence-electron chi connectivity index (χ1n) is 5.78. The van der Waals surface area contributed by atoms with E-state index >= 15 is 0 Å². The highest BCUT2D eigenvalue weighted by Crippen LogP contribution is 2.23. The average Bonchev–Trinajstić information content (AvgIpc) is 2.73. The highest BCUT2D eigenvalue weighted by molar-refractivity contribution is 5.82. The third-order valence-corrected chi connectivity index (χ3v) is 3.24. The van der Waals surface area contributed by atoms with Crippen molar-refractivity contribution in [2.75, 3.05) is 18.8 Å². The largest absolute Gasteiger partial charge is 0.399 e. The zero-order valence-corrected chi connectivity index (χ0v) is 9.19. The summed E-state index contributed by atoms with van der Waals surface area (Å²) in [5, 5.41) is 9.03. The molecule has 0 spiro atoms. The van der Waals surface area contributed by atoms with E-state index in [1.807, 2.05) is 18.3 Å². The quantitative estimate of drug-likeness (QED) is 0.711. The minimum absolute atomic E-state index is 0.481. The Labute approximate surface area is 94.4 Å². The Morgan fingerprint density at radius 3 is 3.19 bits per heavy atom. The Bertz CT molecular complexity index is 497. The first-order valence-corrected chi connectivity index (χ1v) is 5.78. The van der Waals surface area contributed by atoms with Crippen molar-refractivity contribution in [3.63, 3.8) is 0 Å². The summed E-state index contributed by atoms with van der Waals surface area (Å²) in [5.74, 6) is 0. The van der Waals surface area contributed by atoms with E-state index in [0.29, 0.717) is 6.04 Å². The lowest BCUT2D eigenvalue weighted by molar-refractivity contribution is 0.355. The smallest absolute Gasteiger partial charge is 0.0687 e. The molecule has 0 radical (unpaired) electrons. The van der Waals surface area contributed by atoms with Crippen LogP contribution in [-0.2, 0) is 0 Å². The number of anilines is 1. The minimum atomic E-state index is 0.481. The summed E-state index contributed by atoms with van der Waals surface area (Å²) in [5.41, 5.74) is 7.75. The van der Waals surface area contributed by atoms with E-state index in [0.717, 1.165) is 24.2 Å². The number of nitrogens with one attached hydrogen (secondary N) is 1. The van der Waals surface area contributed by atoms with Crippen LogP contribution in [0.2, 0.25) is 0 Å². The Morgan fingerprint density at radius 1 is 1.44 bits per heavy atom. The molecular weight excluding hydrogens is 200 g/mol. The molecule has 0 aliphatic carbocycles. The number of nitrogen functional groups attached to an aromatic ring is 1. The van der Waals surface area contributed by atoms with Gasteiger partial charge in [-0.05, 0) is 37.6 Å². The number of hydrogen-bond acceptors (Lipinski definition) is 3. The molecule has 4 nitrogen and oxygen atoms in total. The number of nitrogens with two attached hydrogens (primary N) is 1. The molecule has 1 fully saturated rings. The van der Waals surface area contributed by atoms with Crippen LogP contribution in [0.25, 0.3) is 10.9 Å². The van der Waals surface area contributed by atoms with Crippen molar-refractivity contribution in [2.24, 2.45) is 0 Å². The molecule has 84 valence electrons. The summed E-state index contributed by atoms with van der Waals surface area (Å²) in [6, 6.07) is 6.47. The van der Waals surface area contributed by atoms with E-state index in [4.69, 9.17) is 5.73 Å². The fourth-order valence-corrected chi connectivity index (χ4v) is 2.40. The molecule has 0 bridgehead atoms. The molecule has 4 heteroatoms. The molecular formula is C12H16N4. The molecule has 1 aromatic carbocycles. The predicted molar refractivity (Wildman–Crippen MR) is 65.3 cm³/mol. The molecule has 1 aliphatic heterocycles. The Hall–Kier alpha value is -1.55. The van der Waals surface area contributed by atoms with Gasteiger partial charge in [0.05, 0.1) is 17.8 Å². The molecule has 1 unspecified atom stereocenters. The first kappa shape index (κ1) is 9.66. The number of piperidine rings is 1. The van der Waals surface area contributed by atoms with E-state index in [1.54, 1.807) is 0 Å². The predicted octanol–water partition coefficient (Wildman–Crippen LogP) is 1.54. The first-order chi connectivity index (χ1) is 7.84. The van der Waals surface area contributed by atoms with Crippen molar-refractivity contribution >= 4 is 16.6 Å². The second kappa shape index (κ2) is 3.79. The summed E-state index contributed by atoms with van der Waals surface area (Å²) < 4.78 is 2.13. The third-order valence-electron chi connectivity index (χ3n) is 3.24. The molecule has 1 aliphatic rings. The van der Waals surface area contributed by atoms with Gasteiger partial charge in [0.1, 0.15) is 0 Å². The van der Waals surface area contributed by atoms with Crippen LogP contribution < -0.4 is 11.1 Å². The second-order valence-corrected chi connectivity index (χ2v) is 4.41. The molecule has 0 amide bonds. The van der Waals surface area contributed by atoms with Crippen molar-refractivity contribution in [1.29, 1.82) is 0 Å². The summed E-state index contributed by atoms with van der Waals surface area (Å²) in [6.07, 6.45) is 4.33. The maximum Gasteiger partial charge on any atom is 0.0687 e. The fraction of sp³-hybridized carbons (Fsp3) is 0.417. The third kappa shape index (κ3) is 1.55. The molecule has 2 heterocycles. The van der Waals surface area contributed by atoms with Crippen LogP contribution in [0.15, 0.2) is 24.4 Å².